The lowest BCUT2D eigenvalue weighted by atomic mass is 10.2. The van der Waals surface area contributed by atoms with E-state index >= 15 is 0 Å². The molecule has 1 aromatic carbocycles. The molecule has 28 heavy (non-hydrogen) atoms. The second-order valence-electron chi connectivity index (χ2n) is 6.45. The number of carbonyl (C=O) groups is 1. The summed E-state index contributed by atoms with van der Waals surface area (Å²) in [5, 5.41) is 16.2. The number of nitrogens with one attached hydrogen (secondary N) is 1. The summed E-state index contributed by atoms with van der Waals surface area (Å²) in [6, 6.07) is 3.58. The van der Waals surface area contributed by atoms with Crippen molar-refractivity contribution in [2.75, 3.05) is 11.1 Å². The number of rotatable bonds is 7. The molecule has 0 radical (unpaired) electrons. The maximum Gasteiger partial charge on any atom is 0.283 e. The van der Waals surface area contributed by atoms with E-state index in [-0.39, 0.29) is 39.0 Å². The number of sulfone groups is 1. The summed E-state index contributed by atoms with van der Waals surface area (Å²) >= 11 is 3.15. The Morgan fingerprint density at radius 3 is 2.68 bits per heavy atom. The second-order valence-corrected chi connectivity index (χ2v) is 9.52. The molecule has 1 aliphatic rings. The van der Waals surface area contributed by atoms with Gasteiger partial charge in [-0.2, -0.15) is 5.10 Å². The van der Waals surface area contributed by atoms with Crippen LogP contribution in [0.5, 0.6) is 5.75 Å². The van der Waals surface area contributed by atoms with Gasteiger partial charge in [0.1, 0.15) is 18.0 Å². The molecule has 2 N–H and O–H groups in total. The van der Waals surface area contributed by atoms with Crippen molar-refractivity contribution >= 4 is 37.4 Å². The monoisotopic (exact) mass is 477 g/mol. The fraction of sp³-hybridized carbons (Fsp3) is 0.412. The minimum atomic E-state index is -3.52. The Balaban J connectivity index is 1.84. The summed E-state index contributed by atoms with van der Waals surface area (Å²) in [7, 11) is -3.52. The maximum atomic E-state index is 13.1. The highest BCUT2D eigenvalue weighted by Crippen LogP contribution is 2.45. The van der Waals surface area contributed by atoms with Crippen LogP contribution in [0.3, 0.4) is 0 Å². The summed E-state index contributed by atoms with van der Waals surface area (Å²) in [6.07, 6.45) is -1.13. The van der Waals surface area contributed by atoms with E-state index in [0.717, 1.165) is 18.9 Å². The van der Waals surface area contributed by atoms with Crippen LogP contribution in [0.4, 0.5) is 14.5 Å². The van der Waals surface area contributed by atoms with Gasteiger partial charge in [0.15, 0.2) is 9.84 Å². The molecule has 2 aromatic rings. The highest BCUT2D eigenvalue weighted by Gasteiger charge is 2.34. The number of alkyl halides is 2. The smallest absolute Gasteiger partial charge is 0.283 e. The van der Waals surface area contributed by atoms with Gasteiger partial charge >= 0.3 is 0 Å². The summed E-state index contributed by atoms with van der Waals surface area (Å²) in [5.41, 5.74) is 0.0402. The number of phenolic OH excluding ortho intramolecular Hbond substituents is 1. The number of aromatic nitrogens is 2. The summed E-state index contributed by atoms with van der Waals surface area (Å²) in [6.45, 7) is 1.14. The van der Waals surface area contributed by atoms with Crippen molar-refractivity contribution in [3.63, 3.8) is 0 Å². The van der Waals surface area contributed by atoms with Crippen LogP contribution in [0.1, 0.15) is 43.5 Å². The van der Waals surface area contributed by atoms with E-state index in [4.69, 9.17) is 0 Å². The first-order chi connectivity index (χ1) is 13.1. The number of halogens is 3. The van der Waals surface area contributed by atoms with Gasteiger partial charge in [-0.3, -0.25) is 9.48 Å². The maximum absolute atomic E-state index is 13.1. The van der Waals surface area contributed by atoms with Crippen LogP contribution in [-0.4, -0.2) is 35.0 Å². The molecule has 1 aromatic heterocycles. The molecule has 1 amide bonds. The number of phenols is 1. The predicted octanol–water partition coefficient (Wildman–Crippen LogP) is 3.60. The van der Waals surface area contributed by atoms with Crippen LogP contribution >= 0.6 is 15.9 Å². The van der Waals surface area contributed by atoms with Gasteiger partial charge in [0.2, 0.25) is 5.91 Å². The molecule has 1 heterocycles. The zero-order chi connectivity index (χ0) is 20.6. The Hall–Kier alpha value is -2.01. The molecule has 1 aliphatic carbocycles. The largest absolute Gasteiger partial charge is 0.506 e. The third-order valence-electron chi connectivity index (χ3n) is 4.40. The quantitative estimate of drug-likeness (QED) is 0.593. The molecule has 0 spiro atoms. The van der Waals surface area contributed by atoms with E-state index in [9.17, 15) is 27.1 Å². The Labute approximate surface area is 168 Å². The van der Waals surface area contributed by atoms with Gasteiger partial charge in [0.05, 0.1) is 26.5 Å². The van der Waals surface area contributed by atoms with Gasteiger partial charge in [-0.05, 0) is 47.0 Å². The number of hydrogen-bond donors (Lipinski definition) is 2. The van der Waals surface area contributed by atoms with Crippen molar-refractivity contribution in [2.24, 2.45) is 0 Å². The number of hydrogen-bond acceptors (Lipinski definition) is 5. The summed E-state index contributed by atoms with van der Waals surface area (Å²) < 4.78 is 51.7. The first-order valence-corrected chi connectivity index (χ1v) is 11.0. The molecule has 11 heteroatoms. The van der Waals surface area contributed by atoms with Crippen LogP contribution in [0.15, 0.2) is 27.6 Å². The van der Waals surface area contributed by atoms with Crippen molar-refractivity contribution in [1.82, 2.24) is 9.78 Å². The van der Waals surface area contributed by atoms with Crippen molar-refractivity contribution < 1.29 is 27.1 Å². The highest BCUT2D eigenvalue weighted by atomic mass is 79.9. The topological polar surface area (TPSA) is 101 Å². The van der Waals surface area contributed by atoms with E-state index in [0.29, 0.717) is 5.69 Å². The molecule has 1 saturated carbocycles. The molecule has 0 unspecified atom stereocenters. The van der Waals surface area contributed by atoms with Crippen molar-refractivity contribution in [2.45, 2.75) is 43.5 Å². The minimum absolute atomic E-state index is 0.0383. The van der Waals surface area contributed by atoms with Crippen LogP contribution in [-0.2, 0) is 21.2 Å². The Morgan fingerprint density at radius 1 is 1.43 bits per heavy atom. The normalized spacial score (nSPS) is 14.5. The van der Waals surface area contributed by atoms with Crippen molar-refractivity contribution in [3.8, 4) is 5.75 Å². The van der Waals surface area contributed by atoms with Crippen LogP contribution < -0.4 is 5.32 Å². The molecule has 1 fully saturated rings. The average molecular weight is 478 g/mol. The second kappa shape index (κ2) is 7.78. The number of aromatic hydroxyl groups is 1. The molecule has 0 atom stereocenters. The number of benzene rings is 1. The van der Waals surface area contributed by atoms with Crippen molar-refractivity contribution in [1.29, 1.82) is 0 Å². The molecule has 152 valence electrons. The lowest BCUT2D eigenvalue weighted by molar-refractivity contribution is -0.117. The third kappa shape index (κ3) is 4.19. The molecule has 0 bridgehead atoms. The average Bonchev–Trinajstić information content (AvgIpc) is 3.40. The molecule has 7 nitrogen and oxygen atoms in total. The van der Waals surface area contributed by atoms with Crippen LogP contribution in [0.25, 0.3) is 0 Å². The van der Waals surface area contributed by atoms with E-state index in [1.807, 2.05) is 0 Å². The standard InChI is InChI=1S/C17H18BrF2N3O4S/c1-2-28(26,27)10-5-6-12(24)11(7-10)21-13(25)8-23-16(9-3-4-9)14(18)15(22-23)17(19)20/h5-7,9,17,24H,2-4,8H2,1H3,(H,21,25). The molecular formula is C17H18BrF2N3O4S. The number of nitrogens with zero attached hydrogens (tertiary/aromatic N) is 2. The Kier molecular flexibility index (Phi) is 5.76. The third-order valence-corrected chi connectivity index (χ3v) is 6.95. The first kappa shape index (κ1) is 20.7. The van der Waals surface area contributed by atoms with Crippen molar-refractivity contribution in [3.05, 3.63) is 34.1 Å². The van der Waals surface area contributed by atoms with E-state index in [1.54, 1.807) is 0 Å². The van der Waals surface area contributed by atoms with E-state index < -0.39 is 27.9 Å². The van der Waals surface area contributed by atoms with Gasteiger partial charge in [0.25, 0.3) is 6.43 Å². The summed E-state index contributed by atoms with van der Waals surface area (Å²) in [5.74, 6) is -0.999. The SMILES string of the molecule is CCS(=O)(=O)c1ccc(O)c(NC(=O)Cn2nc(C(F)F)c(Br)c2C2CC2)c1. The molecular weight excluding hydrogens is 460 g/mol. The number of carbonyl (C=O) groups excluding carboxylic acids is 1. The lowest BCUT2D eigenvalue weighted by Crippen LogP contribution is -2.21. The Bertz CT molecular complexity index is 1020. The number of anilines is 1. The van der Waals surface area contributed by atoms with Gasteiger partial charge in [0, 0.05) is 5.92 Å². The molecule has 3 rings (SSSR count). The predicted molar refractivity (Wildman–Crippen MR) is 101 cm³/mol. The Morgan fingerprint density at radius 2 is 2.11 bits per heavy atom. The zero-order valence-electron chi connectivity index (χ0n) is 14.8. The minimum Gasteiger partial charge on any atom is -0.506 e. The molecule has 0 aliphatic heterocycles. The van der Waals surface area contributed by atoms with Gasteiger partial charge < -0.3 is 10.4 Å². The highest BCUT2D eigenvalue weighted by molar-refractivity contribution is 9.10. The fourth-order valence-corrected chi connectivity index (χ4v) is 4.47. The molecule has 0 saturated heterocycles. The zero-order valence-corrected chi connectivity index (χ0v) is 17.2. The fourth-order valence-electron chi connectivity index (χ4n) is 2.78. The first-order valence-electron chi connectivity index (χ1n) is 8.54. The lowest BCUT2D eigenvalue weighted by Gasteiger charge is -2.11. The van der Waals surface area contributed by atoms with E-state index in [2.05, 4.69) is 26.3 Å². The van der Waals surface area contributed by atoms with Gasteiger partial charge in [-0.1, -0.05) is 6.92 Å². The summed E-state index contributed by atoms with van der Waals surface area (Å²) in [4.78, 5) is 12.4. The number of amides is 1. The van der Waals surface area contributed by atoms with E-state index in [1.165, 1.54) is 23.7 Å². The van der Waals surface area contributed by atoms with Crippen LogP contribution in [0, 0.1) is 0 Å². The van der Waals surface area contributed by atoms with Crippen LogP contribution in [0.2, 0.25) is 0 Å². The van der Waals surface area contributed by atoms with Gasteiger partial charge in [-0.25, -0.2) is 17.2 Å². The van der Waals surface area contributed by atoms with Gasteiger partial charge in [-0.15, -0.1) is 0 Å².